The predicted molar refractivity (Wildman–Crippen MR) is 55.5 cm³/mol. The van der Waals surface area contributed by atoms with Gasteiger partial charge in [-0.05, 0) is 35.5 Å². The van der Waals surface area contributed by atoms with Crippen molar-refractivity contribution in [3.8, 4) is 0 Å². The molecular weight excluding hydrogens is 231 g/mol. The van der Waals surface area contributed by atoms with Gasteiger partial charge in [0.1, 0.15) is 5.82 Å². The fourth-order valence-corrected chi connectivity index (χ4v) is 2.01. The van der Waals surface area contributed by atoms with Crippen molar-refractivity contribution >= 4 is 11.8 Å². The predicted octanol–water partition coefficient (Wildman–Crippen LogP) is 2.16. The lowest BCUT2D eigenvalue weighted by molar-refractivity contribution is 0.278. The standard InChI is InChI=1S/C10H9FN2O2S/c1-6-12-13-10(15-6)16-9-3-2-8(11)4-7(9)5-14/h2-4,14H,5H2,1H3. The summed E-state index contributed by atoms with van der Waals surface area (Å²) in [6.45, 7) is 1.46. The Balaban J connectivity index is 2.27. The highest BCUT2D eigenvalue weighted by atomic mass is 32.2. The maximum absolute atomic E-state index is 12.9. The Morgan fingerprint density at radius 2 is 2.25 bits per heavy atom. The smallest absolute Gasteiger partial charge is 0.281 e. The molecule has 6 heteroatoms. The second-order valence-electron chi connectivity index (χ2n) is 3.10. The minimum atomic E-state index is -0.380. The Morgan fingerprint density at radius 3 is 2.88 bits per heavy atom. The molecule has 0 aliphatic heterocycles. The lowest BCUT2D eigenvalue weighted by Gasteiger charge is -2.03. The number of rotatable bonds is 3. The van der Waals surface area contributed by atoms with Crippen molar-refractivity contribution in [3.05, 3.63) is 35.5 Å². The summed E-state index contributed by atoms with van der Waals surface area (Å²) < 4.78 is 18.1. The largest absolute Gasteiger partial charge is 0.416 e. The SMILES string of the molecule is Cc1nnc(Sc2ccc(F)cc2CO)o1. The Morgan fingerprint density at radius 1 is 1.44 bits per heavy atom. The highest BCUT2D eigenvalue weighted by Crippen LogP contribution is 2.29. The molecule has 0 fully saturated rings. The summed E-state index contributed by atoms with van der Waals surface area (Å²) >= 11 is 1.20. The van der Waals surface area contributed by atoms with Gasteiger partial charge < -0.3 is 9.52 Å². The molecule has 0 radical (unpaired) electrons. The molecule has 0 saturated heterocycles. The van der Waals surface area contributed by atoms with Crippen molar-refractivity contribution in [1.29, 1.82) is 0 Å². The number of aliphatic hydroxyl groups is 1. The third-order valence-electron chi connectivity index (χ3n) is 1.90. The first-order chi connectivity index (χ1) is 7.69. The first-order valence-corrected chi connectivity index (χ1v) is 5.38. The molecule has 0 spiro atoms. The highest BCUT2D eigenvalue weighted by molar-refractivity contribution is 7.99. The van der Waals surface area contributed by atoms with E-state index in [1.807, 2.05) is 0 Å². The minimum Gasteiger partial charge on any atom is -0.416 e. The molecule has 2 rings (SSSR count). The van der Waals surface area contributed by atoms with Crippen LogP contribution < -0.4 is 0 Å². The molecule has 1 N–H and O–H groups in total. The zero-order valence-electron chi connectivity index (χ0n) is 8.48. The second-order valence-corrected chi connectivity index (χ2v) is 4.09. The number of aromatic nitrogens is 2. The molecule has 0 saturated carbocycles. The van der Waals surface area contributed by atoms with Gasteiger partial charge in [-0.15, -0.1) is 10.2 Å². The van der Waals surface area contributed by atoms with E-state index >= 15 is 0 Å². The summed E-state index contributed by atoms with van der Waals surface area (Å²) in [5, 5.41) is 16.9. The van der Waals surface area contributed by atoms with Gasteiger partial charge in [0, 0.05) is 11.8 Å². The average molecular weight is 240 g/mol. The van der Waals surface area contributed by atoms with Gasteiger partial charge in [-0.3, -0.25) is 0 Å². The van der Waals surface area contributed by atoms with Crippen molar-refractivity contribution in [3.63, 3.8) is 0 Å². The summed E-state index contributed by atoms with van der Waals surface area (Å²) in [5.41, 5.74) is 0.501. The molecule has 0 aliphatic carbocycles. The van der Waals surface area contributed by atoms with E-state index in [0.29, 0.717) is 21.6 Å². The highest BCUT2D eigenvalue weighted by Gasteiger charge is 2.09. The van der Waals surface area contributed by atoms with Crippen LogP contribution in [0.2, 0.25) is 0 Å². The molecule has 4 nitrogen and oxygen atoms in total. The van der Waals surface area contributed by atoms with Crippen molar-refractivity contribution in [2.24, 2.45) is 0 Å². The van der Waals surface area contributed by atoms with Gasteiger partial charge in [0.2, 0.25) is 5.89 Å². The van der Waals surface area contributed by atoms with Crippen molar-refractivity contribution < 1.29 is 13.9 Å². The van der Waals surface area contributed by atoms with E-state index in [9.17, 15) is 4.39 Å². The zero-order valence-corrected chi connectivity index (χ0v) is 9.29. The number of aliphatic hydroxyl groups excluding tert-OH is 1. The van der Waals surface area contributed by atoms with Crippen LogP contribution in [0.4, 0.5) is 4.39 Å². The van der Waals surface area contributed by atoms with Gasteiger partial charge in [-0.1, -0.05) is 0 Å². The van der Waals surface area contributed by atoms with Crippen molar-refractivity contribution in [1.82, 2.24) is 10.2 Å². The Kier molecular flexibility index (Phi) is 3.21. The van der Waals surface area contributed by atoms with Crippen LogP contribution in [-0.4, -0.2) is 15.3 Å². The minimum absolute atomic E-state index is 0.229. The fraction of sp³-hybridized carbons (Fsp3) is 0.200. The van der Waals surface area contributed by atoms with Gasteiger partial charge in [0.25, 0.3) is 5.22 Å². The lowest BCUT2D eigenvalue weighted by atomic mass is 10.2. The molecule has 0 bridgehead atoms. The Hall–Kier alpha value is -1.40. The molecule has 1 aromatic heterocycles. The zero-order chi connectivity index (χ0) is 11.5. The average Bonchev–Trinajstić information content (AvgIpc) is 2.67. The number of benzene rings is 1. The molecule has 0 amide bonds. The first kappa shape index (κ1) is 11.1. The van der Waals surface area contributed by atoms with Gasteiger partial charge in [-0.25, -0.2) is 4.39 Å². The quantitative estimate of drug-likeness (QED) is 0.890. The molecule has 0 unspecified atom stereocenters. The van der Waals surface area contributed by atoms with Gasteiger partial charge in [0.15, 0.2) is 0 Å². The topological polar surface area (TPSA) is 59.2 Å². The van der Waals surface area contributed by atoms with E-state index in [-0.39, 0.29) is 12.4 Å². The van der Waals surface area contributed by atoms with Crippen LogP contribution in [0.3, 0.4) is 0 Å². The monoisotopic (exact) mass is 240 g/mol. The van der Waals surface area contributed by atoms with Crippen LogP contribution in [0.5, 0.6) is 0 Å². The molecule has 16 heavy (non-hydrogen) atoms. The van der Waals surface area contributed by atoms with Crippen molar-refractivity contribution in [2.45, 2.75) is 23.6 Å². The third-order valence-corrected chi connectivity index (χ3v) is 2.86. The summed E-state index contributed by atoms with van der Waals surface area (Å²) in [7, 11) is 0. The summed E-state index contributed by atoms with van der Waals surface area (Å²) in [4.78, 5) is 0.701. The van der Waals surface area contributed by atoms with Crippen LogP contribution in [0, 0.1) is 12.7 Å². The van der Waals surface area contributed by atoms with E-state index < -0.39 is 0 Å². The van der Waals surface area contributed by atoms with Crippen molar-refractivity contribution in [2.75, 3.05) is 0 Å². The Labute approximate surface area is 95.5 Å². The van der Waals surface area contributed by atoms with E-state index in [4.69, 9.17) is 9.52 Å². The van der Waals surface area contributed by atoms with Gasteiger partial charge in [0.05, 0.1) is 6.61 Å². The van der Waals surface area contributed by atoms with Crippen LogP contribution in [0.1, 0.15) is 11.5 Å². The number of aryl methyl sites for hydroxylation is 1. The van der Waals surface area contributed by atoms with Crippen LogP contribution in [-0.2, 0) is 6.61 Å². The number of hydrogen-bond acceptors (Lipinski definition) is 5. The van der Waals surface area contributed by atoms with Crippen LogP contribution >= 0.6 is 11.8 Å². The molecule has 84 valence electrons. The Bertz CT molecular complexity index is 501. The van der Waals surface area contributed by atoms with Crippen LogP contribution in [0.25, 0.3) is 0 Å². The third kappa shape index (κ3) is 2.40. The molecule has 1 aromatic carbocycles. The van der Waals surface area contributed by atoms with Gasteiger partial charge in [-0.2, -0.15) is 0 Å². The summed E-state index contributed by atoms with van der Waals surface area (Å²) in [6, 6.07) is 4.18. The molecule has 2 aromatic rings. The molecule has 0 aliphatic rings. The van der Waals surface area contributed by atoms with E-state index in [1.54, 1.807) is 13.0 Å². The summed E-state index contributed by atoms with van der Waals surface area (Å²) in [5.74, 6) is 0.0882. The van der Waals surface area contributed by atoms with E-state index in [0.717, 1.165) is 0 Å². The number of halogens is 1. The number of nitrogens with zero attached hydrogens (tertiary/aromatic N) is 2. The normalized spacial score (nSPS) is 10.7. The number of hydrogen-bond donors (Lipinski definition) is 1. The van der Waals surface area contributed by atoms with E-state index in [2.05, 4.69) is 10.2 Å². The molecular formula is C10H9FN2O2S. The van der Waals surface area contributed by atoms with Gasteiger partial charge >= 0.3 is 0 Å². The molecule has 0 atom stereocenters. The lowest BCUT2D eigenvalue weighted by Crippen LogP contribution is -1.89. The van der Waals surface area contributed by atoms with Crippen LogP contribution in [0.15, 0.2) is 32.7 Å². The fourth-order valence-electron chi connectivity index (χ4n) is 1.18. The first-order valence-electron chi connectivity index (χ1n) is 4.56. The maximum atomic E-state index is 12.9. The maximum Gasteiger partial charge on any atom is 0.281 e. The summed E-state index contributed by atoms with van der Waals surface area (Å²) in [6.07, 6.45) is 0. The van der Waals surface area contributed by atoms with E-state index in [1.165, 1.54) is 23.9 Å². The molecule has 1 heterocycles. The second kappa shape index (κ2) is 4.63.